The monoisotopic (exact) mass is 347 g/mol. The number of hydrogen-bond donors (Lipinski definition) is 0. The van der Waals surface area contributed by atoms with Crippen molar-refractivity contribution in [3.8, 4) is 0 Å². The van der Waals surface area contributed by atoms with Crippen molar-refractivity contribution in [2.75, 3.05) is 31.1 Å². The summed E-state index contributed by atoms with van der Waals surface area (Å²) in [6, 6.07) is 14.2. The second-order valence-electron chi connectivity index (χ2n) is 5.66. The fraction of sp³-hybridized carbons (Fsp3) is 0.278. The molecule has 1 heterocycles. The summed E-state index contributed by atoms with van der Waals surface area (Å²) in [7, 11) is 0. The maximum atomic E-state index is 6.18. The van der Waals surface area contributed by atoms with Crippen LogP contribution in [0.25, 0.3) is 0 Å². The average Bonchev–Trinajstić information content (AvgIpc) is 2.57. The van der Waals surface area contributed by atoms with Gasteiger partial charge in [-0.2, -0.15) is 5.10 Å². The molecule has 1 aliphatic rings. The molecule has 120 valence electrons. The average molecular weight is 348 g/mol. The van der Waals surface area contributed by atoms with E-state index < -0.39 is 0 Å². The smallest absolute Gasteiger partial charge is 0.0680 e. The summed E-state index contributed by atoms with van der Waals surface area (Å²) < 4.78 is 0. The van der Waals surface area contributed by atoms with E-state index in [1.165, 1.54) is 11.3 Å². The third-order valence-corrected chi connectivity index (χ3v) is 4.83. The molecular formula is C18H19Cl2N3. The molecule has 1 fully saturated rings. The third kappa shape index (κ3) is 3.98. The van der Waals surface area contributed by atoms with Gasteiger partial charge in [-0.25, -0.2) is 0 Å². The normalized spacial score (nSPS) is 15.4. The Kier molecular flexibility index (Phi) is 5.09. The van der Waals surface area contributed by atoms with Crippen molar-refractivity contribution in [3.05, 3.63) is 63.6 Å². The largest absolute Gasteiger partial charge is 0.368 e. The van der Waals surface area contributed by atoms with Gasteiger partial charge >= 0.3 is 0 Å². The lowest BCUT2D eigenvalue weighted by Gasteiger charge is -2.34. The van der Waals surface area contributed by atoms with Crippen LogP contribution >= 0.6 is 23.2 Å². The van der Waals surface area contributed by atoms with Gasteiger partial charge in [0.25, 0.3) is 0 Å². The van der Waals surface area contributed by atoms with Crippen molar-refractivity contribution >= 4 is 35.1 Å². The molecule has 0 radical (unpaired) electrons. The van der Waals surface area contributed by atoms with E-state index >= 15 is 0 Å². The van der Waals surface area contributed by atoms with Crippen molar-refractivity contribution in [3.63, 3.8) is 0 Å². The lowest BCUT2D eigenvalue weighted by Crippen LogP contribution is -2.44. The molecule has 2 aromatic carbocycles. The number of hydrazone groups is 1. The number of hydrogen-bond acceptors (Lipinski definition) is 3. The first-order valence-electron chi connectivity index (χ1n) is 7.68. The molecule has 0 aliphatic carbocycles. The fourth-order valence-electron chi connectivity index (χ4n) is 2.59. The number of nitrogens with zero attached hydrogens (tertiary/aromatic N) is 3. The number of piperazine rings is 1. The number of halogens is 2. The molecule has 0 amide bonds. The Labute approximate surface area is 147 Å². The molecule has 3 nitrogen and oxygen atoms in total. The summed E-state index contributed by atoms with van der Waals surface area (Å²) in [5.74, 6) is 0. The first-order valence-corrected chi connectivity index (χ1v) is 8.43. The van der Waals surface area contributed by atoms with E-state index in [2.05, 4.69) is 46.2 Å². The summed E-state index contributed by atoms with van der Waals surface area (Å²) in [5, 5.41) is 7.71. The second kappa shape index (κ2) is 7.24. The Morgan fingerprint density at radius 2 is 1.65 bits per heavy atom. The predicted molar refractivity (Wildman–Crippen MR) is 99.0 cm³/mol. The maximum Gasteiger partial charge on any atom is 0.0680 e. The van der Waals surface area contributed by atoms with Crippen LogP contribution in [-0.4, -0.2) is 37.4 Å². The van der Waals surface area contributed by atoms with Crippen LogP contribution in [0.3, 0.4) is 0 Å². The van der Waals surface area contributed by atoms with Crippen LogP contribution in [0.5, 0.6) is 0 Å². The van der Waals surface area contributed by atoms with Gasteiger partial charge < -0.3 is 4.90 Å². The summed E-state index contributed by atoms with van der Waals surface area (Å²) in [5.41, 5.74) is 3.41. The first kappa shape index (κ1) is 16.2. The molecule has 2 aromatic rings. The topological polar surface area (TPSA) is 18.8 Å². The molecule has 3 rings (SSSR count). The zero-order valence-corrected chi connectivity index (χ0v) is 14.6. The number of benzene rings is 2. The van der Waals surface area contributed by atoms with Crippen LogP contribution in [0.2, 0.25) is 10.0 Å². The molecule has 5 heteroatoms. The molecule has 1 aliphatic heterocycles. The van der Waals surface area contributed by atoms with Crippen molar-refractivity contribution in [1.29, 1.82) is 0 Å². The highest BCUT2D eigenvalue weighted by Gasteiger charge is 2.15. The van der Waals surface area contributed by atoms with Crippen LogP contribution < -0.4 is 4.90 Å². The molecular weight excluding hydrogens is 329 g/mol. The molecule has 0 bridgehead atoms. The molecule has 0 aromatic heterocycles. The summed E-state index contributed by atoms with van der Waals surface area (Å²) in [6.07, 6.45) is 1.79. The Bertz CT molecular complexity index is 690. The Hall–Kier alpha value is -1.71. The van der Waals surface area contributed by atoms with Gasteiger partial charge in [0.2, 0.25) is 0 Å². The molecule has 0 unspecified atom stereocenters. The predicted octanol–water partition coefficient (Wildman–Crippen LogP) is 4.46. The zero-order valence-electron chi connectivity index (χ0n) is 13.0. The van der Waals surface area contributed by atoms with E-state index in [0.29, 0.717) is 10.0 Å². The minimum atomic E-state index is 0.552. The van der Waals surface area contributed by atoms with Crippen LogP contribution in [-0.2, 0) is 0 Å². The lowest BCUT2D eigenvalue weighted by atomic mass is 10.2. The fourth-order valence-corrected chi connectivity index (χ4v) is 2.95. The van der Waals surface area contributed by atoms with E-state index in [9.17, 15) is 0 Å². The highest BCUT2D eigenvalue weighted by atomic mass is 35.5. The van der Waals surface area contributed by atoms with E-state index in [4.69, 9.17) is 23.2 Å². The van der Waals surface area contributed by atoms with Crippen molar-refractivity contribution < 1.29 is 0 Å². The molecule has 0 N–H and O–H groups in total. The molecule has 0 spiro atoms. The van der Waals surface area contributed by atoms with Crippen molar-refractivity contribution in [2.45, 2.75) is 6.92 Å². The highest BCUT2D eigenvalue weighted by molar-refractivity contribution is 6.43. The van der Waals surface area contributed by atoms with E-state index in [1.54, 1.807) is 12.3 Å². The second-order valence-corrected chi connectivity index (χ2v) is 6.45. The van der Waals surface area contributed by atoms with E-state index in [0.717, 1.165) is 31.7 Å². The summed E-state index contributed by atoms with van der Waals surface area (Å²) in [4.78, 5) is 2.39. The Morgan fingerprint density at radius 3 is 2.35 bits per heavy atom. The van der Waals surface area contributed by atoms with Gasteiger partial charge in [-0.1, -0.05) is 53.0 Å². The third-order valence-electron chi connectivity index (χ3n) is 4.00. The van der Waals surface area contributed by atoms with Crippen LogP contribution in [0, 0.1) is 6.92 Å². The summed E-state index contributed by atoms with van der Waals surface area (Å²) >= 11 is 12.2. The number of aryl methyl sites for hydroxylation is 1. The molecule has 0 saturated carbocycles. The van der Waals surface area contributed by atoms with Gasteiger partial charge in [0, 0.05) is 24.3 Å². The lowest BCUT2D eigenvalue weighted by molar-refractivity contribution is 0.272. The molecule has 0 atom stereocenters. The van der Waals surface area contributed by atoms with Crippen LogP contribution in [0.4, 0.5) is 5.69 Å². The van der Waals surface area contributed by atoms with Crippen molar-refractivity contribution in [2.24, 2.45) is 5.10 Å². The SMILES string of the molecule is Cc1ccc(N2CCN(/N=C/c3cccc(Cl)c3Cl)CC2)cc1. The Balaban J connectivity index is 1.60. The van der Waals surface area contributed by atoms with Gasteiger partial charge in [-0.05, 0) is 25.1 Å². The Morgan fingerprint density at radius 1 is 0.957 bits per heavy atom. The van der Waals surface area contributed by atoms with E-state index in [-0.39, 0.29) is 0 Å². The number of rotatable bonds is 3. The number of anilines is 1. The van der Waals surface area contributed by atoms with Gasteiger partial charge in [-0.15, -0.1) is 0 Å². The van der Waals surface area contributed by atoms with Crippen LogP contribution in [0.15, 0.2) is 47.6 Å². The van der Waals surface area contributed by atoms with Gasteiger partial charge in [0.05, 0.1) is 29.3 Å². The maximum absolute atomic E-state index is 6.18. The molecule has 1 saturated heterocycles. The summed E-state index contributed by atoms with van der Waals surface area (Å²) in [6.45, 7) is 5.82. The zero-order chi connectivity index (χ0) is 16.2. The van der Waals surface area contributed by atoms with Gasteiger partial charge in [-0.3, -0.25) is 5.01 Å². The first-order chi connectivity index (χ1) is 11.1. The quantitative estimate of drug-likeness (QED) is 0.763. The van der Waals surface area contributed by atoms with Gasteiger partial charge in [0.1, 0.15) is 0 Å². The van der Waals surface area contributed by atoms with Gasteiger partial charge in [0.15, 0.2) is 0 Å². The highest BCUT2D eigenvalue weighted by Crippen LogP contribution is 2.24. The minimum Gasteiger partial charge on any atom is -0.368 e. The van der Waals surface area contributed by atoms with Crippen LogP contribution in [0.1, 0.15) is 11.1 Å². The molecule has 23 heavy (non-hydrogen) atoms. The van der Waals surface area contributed by atoms with E-state index in [1.807, 2.05) is 12.1 Å². The standard InChI is InChI=1S/C18H19Cl2N3/c1-14-5-7-16(8-6-14)22-9-11-23(12-10-22)21-13-15-3-2-4-17(19)18(15)20/h2-8,13H,9-12H2,1H3/b21-13+. The van der Waals surface area contributed by atoms with Crippen molar-refractivity contribution in [1.82, 2.24) is 5.01 Å². The minimum absolute atomic E-state index is 0.552.